The minimum absolute atomic E-state index is 0.0560. The van der Waals surface area contributed by atoms with E-state index < -0.39 is 5.60 Å². The Hall–Kier alpha value is -2.50. The molecule has 1 aliphatic rings. The van der Waals surface area contributed by atoms with Crippen molar-refractivity contribution in [2.24, 2.45) is 0 Å². The van der Waals surface area contributed by atoms with Crippen LogP contribution in [0.4, 0.5) is 0 Å². The number of aliphatic hydroxyl groups is 1. The Balaban J connectivity index is 1.73. The second-order valence-electron chi connectivity index (χ2n) is 6.86. The minimum Gasteiger partial charge on any atom is -0.379 e. The summed E-state index contributed by atoms with van der Waals surface area (Å²) in [6, 6.07) is 19.8. The van der Waals surface area contributed by atoms with Crippen molar-refractivity contribution in [1.29, 1.82) is 0 Å². The molecule has 4 rings (SSSR count). The molecule has 5 nitrogen and oxygen atoms in total. The van der Waals surface area contributed by atoms with Crippen LogP contribution in [0.2, 0.25) is 0 Å². The van der Waals surface area contributed by atoms with Crippen LogP contribution in [0.15, 0.2) is 65.2 Å². The Morgan fingerprint density at radius 1 is 1.08 bits per heavy atom. The number of hydrogen-bond acceptors (Lipinski definition) is 5. The van der Waals surface area contributed by atoms with Crippen molar-refractivity contribution in [2.75, 3.05) is 6.54 Å². The van der Waals surface area contributed by atoms with Crippen molar-refractivity contribution in [1.82, 2.24) is 15.0 Å². The lowest BCUT2D eigenvalue weighted by Gasteiger charge is -2.39. The molecule has 134 valence electrons. The Bertz CT molecular complexity index is 808. The SMILES string of the molecule is Cc1noc(CN2CCC[C@@H]2C(O)(c2ccccc2)c2ccccc2)n1. The lowest BCUT2D eigenvalue weighted by Crippen LogP contribution is -2.48. The zero-order chi connectivity index (χ0) is 18.0. The molecule has 0 amide bonds. The first-order valence-corrected chi connectivity index (χ1v) is 9.04. The molecule has 2 aromatic carbocycles. The highest BCUT2D eigenvalue weighted by atomic mass is 16.5. The summed E-state index contributed by atoms with van der Waals surface area (Å²) in [7, 11) is 0. The summed E-state index contributed by atoms with van der Waals surface area (Å²) in [6.07, 6.45) is 1.94. The minimum atomic E-state index is -1.09. The number of aromatic nitrogens is 2. The maximum absolute atomic E-state index is 12.0. The normalized spacial score (nSPS) is 18.3. The summed E-state index contributed by atoms with van der Waals surface area (Å²) in [5, 5.41) is 15.9. The predicted molar refractivity (Wildman–Crippen MR) is 98.3 cm³/mol. The van der Waals surface area contributed by atoms with E-state index in [1.54, 1.807) is 0 Å². The summed E-state index contributed by atoms with van der Waals surface area (Å²) in [4.78, 5) is 6.59. The fraction of sp³-hybridized carbons (Fsp3) is 0.333. The van der Waals surface area contributed by atoms with Crippen molar-refractivity contribution < 1.29 is 9.63 Å². The highest BCUT2D eigenvalue weighted by Crippen LogP contribution is 2.40. The highest BCUT2D eigenvalue weighted by molar-refractivity contribution is 5.38. The molecule has 2 heterocycles. The number of rotatable bonds is 5. The van der Waals surface area contributed by atoms with Gasteiger partial charge in [0.05, 0.1) is 6.54 Å². The van der Waals surface area contributed by atoms with Gasteiger partial charge in [0, 0.05) is 6.04 Å². The average Bonchev–Trinajstić information content (AvgIpc) is 3.32. The molecule has 1 aliphatic heterocycles. The van der Waals surface area contributed by atoms with Gasteiger partial charge in [0.2, 0.25) is 5.89 Å². The summed E-state index contributed by atoms with van der Waals surface area (Å²) in [6.45, 7) is 3.26. The van der Waals surface area contributed by atoms with Crippen molar-refractivity contribution in [3.8, 4) is 0 Å². The molecule has 1 N–H and O–H groups in total. The smallest absolute Gasteiger partial charge is 0.240 e. The molecule has 0 spiro atoms. The first-order chi connectivity index (χ1) is 12.7. The van der Waals surface area contributed by atoms with Crippen molar-refractivity contribution >= 4 is 0 Å². The van der Waals surface area contributed by atoms with E-state index in [1.807, 2.05) is 67.6 Å². The van der Waals surface area contributed by atoms with Gasteiger partial charge in [-0.2, -0.15) is 4.98 Å². The van der Waals surface area contributed by atoms with E-state index in [4.69, 9.17) is 4.52 Å². The van der Waals surface area contributed by atoms with Crippen LogP contribution in [-0.4, -0.2) is 32.7 Å². The van der Waals surface area contributed by atoms with E-state index in [9.17, 15) is 5.11 Å². The van der Waals surface area contributed by atoms with Gasteiger partial charge in [-0.15, -0.1) is 0 Å². The van der Waals surface area contributed by atoms with Gasteiger partial charge in [0.1, 0.15) is 5.60 Å². The van der Waals surface area contributed by atoms with Gasteiger partial charge in [-0.25, -0.2) is 0 Å². The number of likely N-dealkylation sites (tertiary alicyclic amines) is 1. The Labute approximate surface area is 153 Å². The number of nitrogens with zero attached hydrogens (tertiary/aromatic N) is 3. The third-order valence-corrected chi connectivity index (χ3v) is 5.18. The predicted octanol–water partition coefficient (Wildman–Crippen LogP) is 3.28. The van der Waals surface area contributed by atoms with Gasteiger partial charge in [-0.1, -0.05) is 65.8 Å². The fourth-order valence-corrected chi connectivity index (χ4v) is 4.00. The molecule has 0 radical (unpaired) electrons. The van der Waals surface area contributed by atoms with Gasteiger partial charge < -0.3 is 9.63 Å². The van der Waals surface area contributed by atoms with E-state index in [2.05, 4.69) is 15.0 Å². The Morgan fingerprint density at radius 3 is 2.23 bits per heavy atom. The molecule has 0 saturated carbocycles. The van der Waals surface area contributed by atoms with Crippen LogP contribution in [0.25, 0.3) is 0 Å². The van der Waals surface area contributed by atoms with Crippen LogP contribution >= 0.6 is 0 Å². The fourth-order valence-electron chi connectivity index (χ4n) is 4.00. The van der Waals surface area contributed by atoms with Crippen LogP contribution in [-0.2, 0) is 12.1 Å². The van der Waals surface area contributed by atoms with E-state index in [0.29, 0.717) is 18.3 Å². The molecule has 1 atom stereocenters. The standard InChI is InChI=1S/C21H23N3O2/c1-16-22-20(26-23-16)15-24-14-8-13-19(24)21(25,17-9-4-2-5-10-17)18-11-6-3-7-12-18/h2-7,9-12,19,25H,8,13-15H2,1H3/t19-/m1/s1. The maximum Gasteiger partial charge on any atom is 0.240 e. The first kappa shape index (κ1) is 16.9. The Morgan fingerprint density at radius 2 is 1.69 bits per heavy atom. The van der Waals surface area contributed by atoms with Crippen LogP contribution in [0.5, 0.6) is 0 Å². The molecule has 0 aliphatic carbocycles. The van der Waals surface area contributed by atoms with E-state index >= 15 is 0 Å². The number of benzene rings is 2. The van der Waals surface area contributed by atoms with Crippen molar-refractivity contribution in [3.05, 3.63) is 83.5 Å². The molecule has 3 aromatic rings. The van der Waals surface area contributed by atoms with Crippen molar-refractivity contribution in [2.45, 2.75) is 38.0 Å². The molecule has 1 saturated heterocycles. The third kappa shape index (κ3) is 3.04. The third-order valence-electron chi connectivity index (χ3n) is 5.18. The van der Waals surface area contributed by atoms with Crippen LogP contribution in [0.1, 0.15) is 35.7 Å². The lowest BCUT2D eigenvalue weighted by molar-refractivity contribution is -0.00929. The molecule has 5 heteroatoms. The Kier molecular flexibility index (Phi) is 4.57. The molecule has 1 aromatic heterocycles. The molecule has 26 heavy (non-hydrogen) atoms. The van der Waals surface area contributed by atoms with Gasteiger partial charge >= 0.3 is 0 Å². The largest absolute Gasteiger partial charge is 0.379 e. The van der Waals surface area contributed by atoms with Crippen molar-refractivity contribution in [3.63, 3.8) is 0 Å². The second-order valence-corrected chi connectivity index (χ2v) is 6.86. The summed E-state index contributed by atoms with van der Waals surface area (Å²) in [5.41, 5.74) is 0.725. The van der Waals surface area contributed by atoms with Gasteiger partial charge in [0.15, 0.2) is 5.82 Å². The lowest BCUT2D eigenvalue weighted by atomic mass is 9.79. The first-order valence-electron chi connectivity index (χ1n) is 9.04. The van der Waals surface area contributed by atoms with Crippen LogP contribution < -0.4 is 0 Å². The van der Waals surface area contributed by atoms with Gasteiger partial charge in [-0.3, -0.25) is 4.90 Å². The van der Waals surface area contributed by atoms with E-state index in [1.165, 1.54) is 0 Å². The van der Waals surface area contributed by atoms with Gasteiger partial charge in [-0.05, 0) is 37.4 Å². The average molecular weight is 349 g/mol. The van der Waals surface area contributed by atoms with E-state index in [-0.39, 0.29) is 6.04 Å². The summed E-state index contributed by atoms with van der Waals surface area (Å²) in [5.74, 6) is 1.23. The zero-order valence-electron chi connectivity index (χ0n) is 14.9. The quantitative estimate of drug-likeness (QED) is 0.766. The zero-order valence-corrected chi connectivity index (χ0v) is 14.9. The van der Waals surface area contributed by atoms with E-state index in [0.717, 1.165) is 30.5 Å². The molecular formula is C21H23N3O2. The molecule has 1 fully saturated rings. The summed E-state index contributed by atoms with van der Waals surface area (Å²) >= 11 is 0. The number of aryl methyl sites for hydroxylation is 1. The topological polar surface area (TPSA) is 62.4 Å². The number of hydrogen-bond donors (Lipinski definition) is 1. The molecular weight excluding hydrogens is 326 g/mol. The second kappa shape index (κ2) is 7.02. The molecule has 0 unspecified atom stereocenters. The summed E-state index contributed by atoms with van der Waals surface area (Å²) < 4.78 is 5.31. The molecule has 0 bridgehead atoms. The maximum atomic E-state index is 12.0. The van der Waals surface area contributed by atoms with Crippen LogP contribution in [0.3, 0.4) is 0 Å². The van der Waals surface area contributed by atoms with Gasteiger partial charge in [0.25, 0.3) is 0 Å². The highest BCUT2D eigenvalue weighted by Gasteiger charge is 2.45. The monoisotopic (exact) mass is 349 g/mol. The van der Waals surface area contributed by atoms with Crippen LogP contribution in [0, 0.1) is 6.92 Å².